The lowest BCUT2D eigenvalue weighted by molar-refractivity contribution is -0.124. The topological polar surface area (TPSA) is 118 Å². The molecule has 9 nitrogen and oxygen atoms in total. The van der Waals surface area contributed by atoms with Crippen LogP contribution in [0.4, 0.5) is 9.18 Å². The number of hydrogen-bond acceptors (Lipinski definition) is 6. The van der Waals surface area contributed by atoms with Crippen LogP contribution in [0.3, 0.4) is 0 Å². The summed E-state index contributed by atoms with van der Waals surface area (Å²) < 4.78 is 29.4. The van der Waals surface area contributed by atoms with Crippen molar-refractivity contribution in [3.63, 3.8) is 0 Å². The van der Waals surface area contributed by atoms with E-state index < -0.39 is 18.3 Å². The van der Waals surface area contributed by atoms with E-state index in [1.807, 2.05) is 0 Å². The first-order valence-corrected chi connectivity index (χ1v) is 9.97. The number of rotatable bonds is 9. The highest BCUT2D eigenvalue weighted by atomic mass is 19.1. The SMILES string of the molecule is COCCNC(=O)NCC1OC2CC(CC(=O)NCc3ccc(F)cc3)OC2C1O. The number of halogens is 1. The molecule has 2 aliphatic rings. The van der Waals surface area contributed by atoms with Gasteiger partial charge < -0.3 is 35.3 Å². The molecule has 0 aromatic heterocycles. The number of carbonyl (C=O) groups excluding carboxylic acids is 2. The van der Waals surface area contributed by atoms with Crippen molar-refractivity contribution in [2.75, 3.05) is 26.8 Å². The molecule has 5 atom stereocenters. The number of urea groups is 1. The van der Waals surface area contributed by atoms with Crippen LogP contribution in [0.15, 0.2) is 24.3 Å². The Morgan fingerprint density at radius 3 is 2.67 bits per heavy atom. The van der Waals surface area contributed by atoms with E-state index >= 15 is 0 Å². The van der Waals surface area contributed by atoms with Gasteiger partial charge in [0, 0.05) is 33.2 Å². The van der Waals surface area contributed by atoms with E-state index in [4.69, 9.17) is 14.2 Å². The van der Waals surface area contributed by atoms with E-state index in [0.717, 1.165) is 5.56 Å². The zero-order chi connectivity index (χ0) is 21.5. The molecule has 1 aromatic rings. The molecule has 10 heteroatoms. The number of aliphatic hydroxyl groups is 1. The summed E-state index contributed by atoms with van der Waals surface area (Å²) in [5.74, 6) is -0.514. The molecule has 0 aliphatic carbocycles. The molecule has 2 aliphatic heterocycles. The fourth-order valence-corrected chi connectivity index (χ4v) is 3.61. The quantitative estimate of drug-likeness (QED) is 0.416. The average molecular weight is 425 g/mol. The summed E-state index contributed by atoms with van der Waals surface area (Å²) in [6.07, 6.45) is -2.02. The van der Waals surface area contributed by atoms with Crippen molar-refractivity contribution in [2.45, 2.75) is 49.9 Å². The lowest BCUT2D eigenvalue weighted by atomic mass is 10.1. The van der Waals surface area contributed by atoms with Gasteiger partial charge >= 0.3 is 6.03 Å². The molecule has 0 spiro atoms. The van der Waals surface area contributed by atoms with Crippen molar-refractivity contribution >= 4 is 11.9 Å². The van der Waals surface area contributed by atoms with Gasteiger partial charge in [-0.2, -0.15) is 0 Å². The van der Waals surface area contributed by atoms with Gasteiger partial charge in [0.2, 0.25) is 5.91 Å². The van der Waals surface area contributed by atoms with E-state index in [2.05, 4.69) is 16.0 Å². The highest BCUT2D eigenvalue weighted by Crippen LogP contribution is 2.35. The van der Waals surface area contributed by atoms with Crippen molar-refractivity contribution in [2.24, 2.45) is 0 Å². The second kappa shape index (κ2) is 10.7. The third kappa shape index (κ3) is 6.11. The zero-order valence-corrected chi connectivity index (χ0v) is 16.8. The molecule has 2 fully saturated rings. The Bertz CT molecular complexity index is 719. The Morgan fingerprint density at radius 1 is 1.20 bits per heavy atom. The van der Waals surface area contributed by atoms with Gasteiger partial charge in [-0.15, -0.1) is 0 Å². The van der Waals surface area contributed by atoms with E-state index in [1.54, 1.807) is 19.2 Å². The molecule has 30 heavy (non-hydrogen) atoms. The smallest absolute Gasteiger partial charge is 0.314 e. The third-order valence-electron chi connectivity index (χ3n) is 5.15. The number of methoxy groups -OCH3 is 1. The minimum Gasteiger partial charge on any atom is -0.388 e. The van der Waals surface area contributed by atoms with Crippen LogP contribution in [0.5, 0.6) is 0 Å². The number of benzene rings is 1. The Balaban J connectivity index is 1.36. The van der Waals surface area contributed by atoms with E-state index in [9.17, 15) is 19.1 Å². The second-order valence-corrected chi connectivity index (χ2v) is 7.40. The normalized spacial score (nSPS) is 27.5. The first-order chi connectivity index (χ1) is 14.5. The summed E-state index contributed by atoms with van der Waals surface area (Å²) in [6.45, 7) is 1.25. The van der Waals surface area contributed by atoms with Crippen molar-refractivity contribution in [1.82, 2.24) is 16.0 Å². The van der Waals surface area contributed by atoms with Crippen LogP contribution in [-0.4, -0.2) is 74.4 Å². The number of hydrogen-bond donors (Lipinski definition) is 4. The zero-order valence-electron chi connectivity index (χ0n) is 16.8. The summed E-state index contributed by atoms with van der Waals surface area (Å²) in [5.41, 5.74) is 0.800. The molecule has 0 saturated carbocycles. The van der Waals surface area contributed by atoms with E-state index in [0.29, 0.717) is 26.1 Å². The van der Waals surface area contributed by atoms with Gasteiger partial charge in [-0.05, 0) is 17.7 Å². The van der Waals surface area contributed by atoms with Crippen LogP contribution in [0.1, 0.15) is 18.4 Å². The summed E-state index contributed by atoms with van der Waals surface area (Å²) in [5, 5.41) is 18.5. The molecular weight excluding hydrogens is 397 g/mol. The maximum atomic E-state index is 12.9. The fourth-order valence-electron chi connectivity index (χ4n) is 3.61. The monoisotopic (exact) mass is 425 g/mol. The lowest BCUT2D eigenvalue weighted by Crippen LogP contribution is -2.44. The number of carbonyl (C=O) groups is 2. The number of nitrogens with one attached hydrogen (secondary N) is 3. The maximum Gasteiger partial charge on any atom is 0.314 e. The van der Waals surface area contributed by atoms with Crippen molar-refractivity contribution < 1.29 is 33.3 Å². The van der Waals surface area contributed by atoms with Crippen LogP contribution in [0, 0.1) is 5.82 Å². The van der Waals surface area contributed by atoms with Crippen LogP contribution in [-0.2, 0) is 25.5 Å². The number of aliphatic hydroxyl groups excluding tert-OH is 1. The van der Waals surface area contributed by atoms with Crippen LogP contribution in [0.2, 0.25) is 0 Å². The summed E-state index contributed by atoms with van der Waals surface area (Å²) >= 11 is 0. The highest BCUT2D eigenvalue weighted by molar-refractivity contribution is 5.76. The predicted molar refractivity (Wildman–Crippen MR) is 104 cm³/mol. The molecule has 3 rings (SSSR count). The minimum absolute atomic E-state index is 0.148. The average Bonchev–Trinajstić information content (AvgIpc) is 3.24. The number of ether oxygens (including phenoxy) is 3. The fraction of sp³-hybridized carbons (Fsp3) is 0.600. The number of amides is 3. The maximum absolute atomic E-state index is 12.9. The van der Waals surface area contributed by atoms with Crippen molar-refractivity contribution in [3.8, 4) is 0 Å². The van der Waals surface area contributed by atoms with Gasteiger partial charge in [-0.3, -0.25) is 4.79 Å². The van der Waals surface area contributed by atoms with Gasteiger partial charge in [0.25, 0.3) is 0 Å². The highest BCUT2D eigenvalue weighted by Gasteiger charge is 2.50. The van der Waals surface area contributed by atoms with Gasteiger partial charge in [-0.1, -0.05) is 12.1 Å². The minimum atomic E-state index is -0.887. The van der Waals surface area contributed by atoms with Crippen molar-refractivity contribution in [1.29, 1.82) is 0 Å². The van der Waals surface area contributed by atoms with Crippen LogP contribution in [0.25, 0.3) is 0 Å². The standard InChI is InChI=1S/C20H28FN3O6/c1-28-7-6-22-20(27)24-11-16-18(26)19-15(30-16)8-14(29-19)9-17(25)23-10-12-2-4-13(21)5-3-12/h2-5,14-16,18-19,26H,6-11H2,1H3,(H,23,25)(H2,22,24,27). The molecule has 1 aromatic carbocycles. The molecule has 2 heterocycles. The van der Waals surface area contributed by atoms with E-state index in [-0.39, 0.29) is 42.9 Å². The Hall–Kier alpha value is -2.27. The molecular formula is C20H28FN3O6. The van der Waals surface area contributed by atoms with Gasteiger partial charge in [0.15, 0.2) is 0 Å². The molecule has 2 saturated heterocycles. The molecule has 0 radical (unpaired) electrons. The van der Waals surface area contributed by atoms with Crippen LogP contribution >= 0.6 is 0 Å². The summed E-state index contributed by atoms with van der Waals surface area (Å²) in [7, 11) is 1.55. The summed E-state index contributed by atoms with van der Waals surface area (Å²) in [6, 6.07) is 5.55. The number of fused-ring (bicyclic) bond motifs is 1. The van der Waals surface area contributed by atoms with Crippen LogP contribution < -0.4 is 16.0 Å². The second-order valence-electron chi connectivity index (χ2n) is 7.40. The largest absolute Gasteiger partial charge is 0.388 e. The molecule has 5 unspecified atom stereocenters. The van der Waals surface area contributed by atoms with Gasteiger partial charge in [-0.25, -0.2) is 9.18 Å². The van der Waals surface area contributed by atoms with Gasteiger partial charge in [0.1, 0.15) is 24.1 Å². The molecule has 4 N–H and O–H groups in total. The predicted octanol–water partition coefficient (Wildman–Crippen LogP) is 0.0634. The lowest BCUT2D eigenvalue weighted by Gasteiger charge is -2.20. The Morgan fingerprint density at radius 2 is 1.97 bits per heavy atom. The Kier molecular flexibility index (Phi) is 7.97. The molecule has 0 bridgehead atoms. The Labute approximate surface area is 174 Å². The molecule has 166 valence electrons. The molecule has 3 amide bonds. The van der Waals surface area contributed by atoms with Crippen molar-refractivity contribution in [3.05, 3.63) is 35.6 Å². The van der Waals surface area contributed by atoms with E-state index in [1.165, 1.54) is 12.1 Å². The summed E-state index contributed by atoms with van der Waals surface area (Å²) in [4.78, 5) is 23.8. The third-order valence-corrected chi connectivity index (χ3v) is 5.15. The first-order valence-electron chi connectivity index (χ1n) is 9.97. The first kappa shape index (κ1) is 22.4. The van der Waals surface area contributed by atoms with Gasteiger partial charge in [0.05, 0.1) is 25.2 Å².